The van der Waals surface area contributed by atoms with E-state index < -0.39 is 0 Å². The summed E-state index contributed by atoms with van der Waals surface area (Å²) in [5.74, 6) is 0.829. The van der Waals surface area contributed by atoms with Crippen molar-refractivity contribution in [3.63, 3.8) is 0 Å². The van der Waals surface area contributed by atoms with E-state index in [9.17, 15) is 0 Å². The first-order chi connectivity index (χ1) is 12.9. The van der Waals surface area contributed by atoms with Gasteiger partial charge in [0, 0.05) is 18.1 Å². The van der Waals surface area contributed by atoms with Gasteiger partial charge in [-0.05, 0) is 60.4 Å². The molecule has 1 aromatic heterocycles. The quantitative estimate of drug-likeness (QED) is 0.681. The van der Waals surface area contributed by atoms with E-state index in [2.05, 4.69) is 71.5 Å². The van der Waals surface area contributed by atoms with Crippen LogP contribution < -0.4 is 0 Å². The van der Waals surface area contributed by atoms with E-state index in [0.29, 0.717) is 0 Å². The Balaban J connectivity index is 1.82. The second-order valence-electron chi connectivity index (χ2n) is 8.03. The molecule has 0 amide bonds. The van der Waals surface area contributed by atoms with Crippen molar-refractivity contribution in [2.45, 2.75) is 45.3 Å². The third-order valence-electron chi connectivity index (χ3n) is 5.10. The molecule has 4 rings (SSSR count). The zero-order valence-corrected chi connectivity index (χ0v) is 16.7. The van der Waals surface area contributed by atoms with E-state index in [0.717, 1.165) is 35.9 Å². The zero-order valence-electron chi connectivity index (χ0n) is 15.9. The van der Waals surface area contributed by atoms with Crippen molar-refractivity contribution >= 4 is 11.6 Å². The first-order valence-electron chi connectivity index (χ1n) is 9.29. The van der Waals surface area contributed by atoms with E-state index in [1.54, 1.807) is 0 Å². The number of nitrogens with zero attached hydrogens (tertiary/aromatic N) is 5. The maximum Gasteiger partial charge on any atom is 0.173 e. The highest BCUT2D eigenvalue weighted by Crippen LogP contribution is 2.36. The van der Waals surface area contributed by atoms with Gasteiger partial charge in [-0.3, -0.25) is 4.90 Å². The van der Waals surface area contributed by atoms with E-state index >= 15 is 0 Å². The van der Waals surface area contributed by atoms with Crippen LogP contribution >= 0.6 is 11.6 Å². The lowest BCUT2D eigenvalue weighted by molar-refractivity contribution is 0.186. The number of rotatable bonds is 3. The molecule has 2 aromatic carbocycles. The predicted octanol–water partition coefficient (Wildman–Crippen LogP) is 4.23. The highest BCUT2D eigenvalue weighted by molar-refractivity contribution is 6.31. The summed E-state index contributed by atoms with van der Waals surface area (Å²) >= 11 is 6.62. The lowest BCUT2D eigenvalue weighted by Crippen LogP contribution is -2.38. The number of benzene rings is 2. The van der Waals surface area contributed by atoms with Gasteiger partial charge in [-0.25, -0.2) is 4.68 Å². The number of aromatic nitrogens is 4. The molecule has 0 radical (unpaired) electrons. The highest BCUT2D eigenvalue weighted by Gasteiger charge is 2.34. The Labute approximate surface area is 165 Å². The molecule has 0 fully saturated rings. The van der Waals surface area contributed by atoms with Crippen molar-refractivity contribution in [3.8, 4) is 0 Å². The Hall–Kier alpha value is -2.24. The fourth-order valence-electron chi connectivity index (χ4n) is 3.78. The van der Waals surface area contributed by atoms with Gasteiger partial charge in [0.15, 0.2) is 5.82 Å². The van der Waals surface area contributed by atoms with Gasteiger partial charge in [-0.15, -0.1) is 5.10 Å². The number of hydrogen-bond acceptors (Lipinski definition) is 4. The summed E-state index contributed by atoms with van der Waals surface area (Å²) in [6.45, 7) is 8.12. The van der Waals surface area contributed by atoms with Crippen molar-refractivity contribution in [1.82, 2.24) is 25.1 Å². The van der Waals surface area contributed by atoms with Gasteiger partial charge in [0.1, 0.15) is 0 Å². The first kappa shape index (κ1) is 18.1. The van der Waals surface area contributed by atoms with Crippen molar-refractivity contribution in [2.24, 2.45) is 0 Å². The molecule has 1 unspecified atom stereocenters. The van der Waals surface area contributed by atoms with Crippen LogP contribution in [0.4, 0.5) is 0 Å². The largest absolute Gasteiger partial charge is 0.285 e. The Morgan fingerprint density at radius 3 is 2.44 bits per heavy atom. The van der Waals surface area contributed by atoms with Crippen LogP contribution in [-0.4, -0.2) is 31.7 Å². The Bertz CT molecular complexity index is 943. The molecule has 0 saturated carbocycles. The number of halogens is 1. The molecule has 1 aliphatic rings. The van der Waals surface area contributed by atoms with Crippen LogP contribution in [-0.2, 0) is 18.5 Å². The van der Waals surface area contributed by atoms with Crippen LogP contribution in [0.5, 0.6) is 0 Å². The minimum atomic E-state index is -0.216. The monoisotopic (exact) mass is 381 g/mol. The molecule has 5 nitrogen and oxygen atoms in total. The zero-order chi connectivity index (χ0) is 19.0. The third kappa shape index (κ3) is 3.49. The van der Waals surface area contributed by atoms with E-state index in [1.807, 2.05) is 22.9 Å². The van der Waals surface area contributed by atoms with Gasteiger partial charge < -0.3 is 0 Å². The molecule has 0 spiro atoms. The summed E-state index contributed by atoms with van der Waals surface area (Å²) in [7, 11) is 0. The molecule has 3 aromatic rings. The van der Waals surface area contributed by atoms with Gasteiger partial charge in [0.25, 0.3) is 0 Å². The average molecular weight is 382 g/mol. The second-order valence-corrected chi connectivity index (χ2v) is 8.44. The Kier molecular flexibility index (Phi) is 4.74. The summed E-state index contributed by atoms with van der Waals surface area (Å²) < 4.78 is 1.92. The van der Waals surface area contributed by atoms with E-state index in [4.69, 9.17) is 11.6 Å². The fourth-order valence-corrected chi connectivity index (χ4v) is 4.02. The smallest absolute Gasteiger partial charge is 0.173 e. The van der Waals surface area contributed by atoms with Crippen LogP contribution in [0.2, 0.25) is 5.02 Å². The summed E-state index contributed by atoms with van der Waals surface area (Å²) in [6, 6.07) is 16.5. The number of hydrogen-bond donors (Lipinski definition) is 0. The summed E-state index contributed by atoms with van der Waals surface area (Å²) in [6.07, 6.45) is 1.01. The highest BCUT2D eigenvalue weighted by atomic mass is 35.5. The summed E-state index contributed by atoms with van der Waals surface area (Å²) in [4.78, 5) is 2.43. The van der Waals surface area contributed by atoms with Gasteiger partial charge in [-0.2, -0.15) is 0 Å². The predicted molar refractivity (Wildman–Crippen MR) is 107 cm³/mol. The van der Waals surface area contributed by atoms with Gasteiger partial charge in [0.2, 0.25) is 0 Å². The van der Waals surface area contributed by atoms with Crippen molar-refractivity contribution < 1.29 is 0 Å². The van der Waals surface area contributed by atoms with Gasteiger partial charge in [-0.1, -0.05) is 54.1 Å². The first-order valence-corrected chi connectivity index (χ1v) is 9.67. The minimum Gasteiger partial charge on any atom is -0.285 e. The van der Waals surface area contributed by atoms with E-state index in [1.165, 1.54) is 11.1 Å². The van der Waals surface area contributed by atoms with Crippen molar-refractivity contribution in [3.05, 3.63) is 76.1 Å². The van der Waals surface area contributed by atoms with Crippen LogP contribution in [0.25, 0.3) is 0 Å². The van der Waals surface area contributed by atoms with Crippen molar-refractivity contribution in [2.75, 3.05) is 6.54 Å². The van der Waals surface area contributed by atoms with Crippen molar-refractivity contribution in [1.29, 1.82) is 0 Å². The summed E-state index contributed by atoms with van der Waals surface area (Å²) in [5.41, 5.74) is 3.60. The topological polar surface area (TPSA) is 46.8 Å². The second kappa shape index (κ2) is 7.06. The maximum atomic E-state index is 6.62. The van der Waals surface area contributed by atoms with Gasteiger partial charge in [0.05, 0.1) is 11.6 Å². The molecular formula is C21H24ClN5. The number of tetrazole rings is 1. The molecule has 0 N–H and O–H groups in total. The molecular weight excluding hydrogens is 358 g/mol. The third-order valence-corrected chi connectivity index (χ3v) is 5.44. The Morgan fingerprint density at radius 1 is 1.00 bits per heavy atom. The minimum absolute atomic E-state index is 0.0960. The lowest BCUT2D eigenvalue weighted by atomic mass is 9.95. The maximum absolute atomic E-state index is 6.62. The molecule has 6 heteroatoms. The number of fused-ring (bicyclic) bond motifs is 1. The molecule has 2 heterocycles. The van der Waals surface area contributed by atoms with Crippen LogP contribution in [0.3, 0.4) is 0 Å². The molecule has 1 atom stereocenters. The molecule has 1 aliphatic heterocycles. The van der Waals surface area contributed by atoms with Crippen LogP contribution in [0, 0.1) is 0 Å². The molecule has 140 valence electrons. The van der Waals surface area contributed by atoms with E-state index in [-0.39, 0.29) is 11.6 Å². The molecule has 0 bridgehead atoms. The van der Waals surface area contributed by atoms with Gasteiger partial charge >= 0.3 is 0 Å². The summed E-state index contributed by atoms with van der Waals surface area (Å²) in [5, 5.41) is 13.5. The Morgan fingerprint density at radius 2 is 1.70 bits per heavy atom. The fraction of sp³-hybridized carbons (Fsp3) is 0.381. The van der Waals surface area contributed by atoms with Crippen LogP contribution in [0.1, 0.15) is 49.3 Å². The molecule has 0 saturated heterocycles. The molecule has 27 heavy (non-hydrogen) atoms. The SMILES string of the molecule is CC(C)(C)n1nnnc1C(c1ccccc1Cl)N1CCc2ccccc2C1. The van der Waals surface area contributed by atoms with Crippen LogP contribution in [0.15, 0.2) is 48.5 Å². The normalized spacial score (nSPS) is 16.1. The average Bonchev–Trinajstić information content (AvgIpc) is 3.13. The molecule has 0 aliphatic carbocycles. The lowest BCUT2D eigenvalue weighted by Gasteiger charge is -2.36. The standard InChI is InChI=1S/C21H24ClN5/c1-21(2,3)27-20(23-24-25-27)19(17-10-6-7-11-18(17)22)26-13-12-15-8-4-5-9-16(15)14-26/h4-11,19H,12-14H2,1-3H3.